The van der Waals surface area contributed by atoms with Crippen LogP contribution in [0.2, 0.25) is 0 Å². The Balaban J connectivity index is 2.01. The van der Waals surface area contributed by atoms with Crippen LogP contribution in [-0.2, 0) is 11.5 Å². The Morgan fingerprint density at radius 2 is 1.29 bits per heavy atom. The van der Waals surface area contributed by atoms with Gasteiger partial charge in [0.2, 0.25) is 0 Å². The monoisotopic (exact) mass is 310 g/mol. The Kier molecular flexibility index (Phi) is 5.10. The Morgan fingerprint density at radius 3 is 1.67 bits per heavy atom. The van der Waals surface area contributed by atoms with Crippen molar-refractivity contribution in [3.8, 4) is 11.5 Å². The first-order valence-corrected chi connectivity index (χ1v) is 7.20. The number of ether oxygens (including phenoxy) is 2. The van der Waals surface area contributed by atoms with Gasteiger partial charge >= 0.3 is 11.3 Å². The van der Waals surface area contributed by atoms with E-state index < -0.39 is 11.3 Å². The van der Waals surface area contributed by atoms with Gasteiger partial charge in [-0.25, -0.2) is 9.59 Å². The summed E-state index contributed by atoms with van der Waals surface area (Å²) in [5.74, 6) is 2.80. The summed E-state index contributed by atoms with van der Waals surface area (Å²) in [6.45, 7) is 0. The fourth-order valence-corrected chi connectivity index (χ4v) is 2.43. The summed E-state index contributed by atoms with van der Waals surface area (Å²) in [5.41, 5.74) is -0.921. The zero-order valence-corrected chi connectivity index (χ0v) is 12.4. The fourth-order valence-electron chi connectivity index (χ4n) is 1.64. The van der Waals surface area contributed by atoms with Crippen LogP contribution in [-0.4, -0.2) is 14.2 Å². The Labute approximate surface area is 124 Å². The molecule has 0 fully saturated rings. The molecule has 0 unspecified atom stereocenters. The van der Waals surface area contributed by atoms with Gasteiger partial charge in [0.05, 0.1) is 37.9 Å². The van der Waals surface area contributed by atoms with Crippen LogP contribution in [0, 0.1) is 0 Å². The van der Waals surface area contributed by atoms with Gasteiger partial charge in [-0.1, -0.05) is 0 Å². The molecule has 112 valence electrons. The molecule has 0 radical (unpaired) electrons. The van der Waals surface area contributed by atoms with Crippen LogP contribution in [0.1, 0.15) is 11.5 Å². The molecule has 0 amide bonds. The lowest BCUT2D eigenvalue weighted by atomic mass is 10.4. The second-order valence-corrected chi connectivity index (χ2v) is 5.04. The summed E-state index contributed by atoms with van der Waals surface area (Å²) in [7, 11) is 2.97. The Bertz CT molecular complexity index is 656. The Hall–Kier alpha value is -2.15. The molecule has 0 N–H and O–H groups in total. The van der Waals surface area contributed by atoms with Gasteiger partial charge in [-0.3, -0.25) is 0 Å². The minimum absolute atomic E-state index is 0.452. The van der Waals surface area contributed by atoms with E-state index in [2.05, 4.69) is 0 Å². The molecule has 2 heterocycles. The van der Waals surface area contributed by atoms with Crippen molar-refractivity contribution in [1.82, 2.24) is 0 Å². The van der Waals surface area contributed by atoms with Crippen molar-refractivity contribution in [3.05, 3.63) is 56.6 Å². The first-order valence-electron chi connectivity index (χ1n) is 6.04. The molecule has 7 heteroatoms. The first-order chi connectivity index (χ1) is 10.1. The second-order valence-electron chi connectivity index (χ2n) is 4.06. The lowest BCUT2D eigenvalue weighted by molar-refractivity contribution is 0.395. The lowest BCUT2D eigenvalue weighted by Crippen LogP contribution is -2.01. The molecular weight excluding hydrogens is 296 g/mol. The predicted octanol–water partition coefficient (Wildman–Crippen LogP) is 2.04. The molecule has 0 spiro atoms. The minimum Gasteiger partial charge on any atom is -0.496 e. The van der Waals surface area contributed by atoms with Gasteiger partial charge in [0.25, 0.3) is 0 Å². The van der Waals surface area contributed by atoms with Crippen molar-refractivity contribution in [2.45, 2.75) is 11.5 Å². The summed E-state index contributed by atoms with van der Waals surface area (Å²) in [6.07, 6.45) is 0. The van der Waals surface area contributed by atoms with Crippen LogP contribution in [0.5, 0.6) is 11.5 Å². The van der Waals surface area contributed by atoms with Crippen molar-refractivity contribution in [2.75, 3.05) is 14.2 Å². The zero-order chi connectivity index (χ0) is 15.2. The molecule has 0 saturated carbocycles. The highest BCUT2D eigenvalue weighted by molar-refractivity contribution is 7.97. The normalized spacial score (nSPS) is 10.4. The number of hydrogen-bond donors (Lipinski definition) is 0. The van der Waals surface area contributed by atoms with E-state index in [9.17, 15) is 9.59 Å². The molecule has 0 aliphatic carbocycles. The van der Waals surface area contributed by atoms with Gasteiger partial charge in [-0.05, 0) is 0 Å². The van der Waals surface area contributed by atoms with Crippen LogP contribution in [0.3, 0.4) is 0 Å². The highest BCUT2D eigenvalue weighted by atomic mass is 32.2. The van der Waals surface area contributed by atoms with E-state index in [0.29, 0.717) is 34.5 Å². The third kappa shape index (κ3) is 4.42. The number of methoxy groups -OCH3 is 2. The topological polar surface area (TPSA) is 78.9 Å². The molecule has 2 aromatic rings. The van der Waals surface area contributed by atoms with Gasteiger partial charge in [-0.15, -0.1) is 11.8 Å². The largest absolute Gasteiger partial charge is 0.496 e. The number of hydrogen-bond acceptors (Lipinski definition) is 7. The van der Waals surface area contributed by atoms with E-state index in [4.69, 9.17) is 18.3 Å². The van der Waals surface area contributed by atoms with E-state index in [0.717, 1.165) is 0 Å². The van der Waals surface area contributed by atoms with E-state index in [-0.39, 0.29) is 0 Å². The van der Waals surface area contributed by atoms with Crippen molar-refractivity contribution in [3.63, 3.8) is 0 Å². The molecule has 0 aromatic carbocycles. The SMILES string of the molecule is COc1cc(CSCc2cc(OC)cc(=O)o2)oc(=O)c1. The predicted molar refractivity (Wildman–Crippen MR) is 78.1 cm³/mol. The van der Waals surface area contributed by atoms with Gasteiger partial charge in [0.15, 0.2) is 0 Å². The molecule has 6 nitrogen and oxygen atoms in total. The van der Waals surface area contributed by atoms with Crippen LogP contribution >= 0.6 is 11.8 Å². The van der Waals surface area contributed by atoms with Crippen LogP contribution in [0.15, 0.2) is 42.7 Å². The standard InChI is InChI=1S/C14H14O6S/c1-17-9-3-11(19-13(15)5-9)7-21-8-12-4-10(18-2)6-14(16)20-12/h3-6H,7-8H2,1-2H3. The number of thioether (sulfide) groups is 1. The summed E-state index contributed by atoms with van der Waals surface area (Å²) >= 11 is 1.44. The summed E-state index contributed by atoms with van der Waals surface area (Å²) in [5, 5.41) is 0. The van der Waals surface area contributed by atoms with Crippen LogP contribution in [0.4, 0.5) is 0 Å². The van der Waals surface area contributed by atoms with Crippen molar-refractivity contribution < 1.29 is 18.3 Å². The van der Waals surface area contributed by atoms with E-state index >= 15 is 0 Å². The maximum absolute atomic E-state index is 11.3. The quantitative estimate of drug-likeness (QED) is 0.807. The Morgan fingerprint density at radius 1 is 0.857 bits per heavy atom. The molecule has 2 rings (SSSR count). The van der Waals surface area contributed by atoms with Crippen LogP contribution < -0.4 is 20.7 Å². The average Bonchev–Trinajstić information content (AvgIpc) is 2.46. The van der Waals surface area contributed by atoms with Gasteiger partial charge in [0, 0.05) is 12.1 Å². The third-order valence-corrected chi connectivity index (χ3v) is 3.53. The van der Waals surface area contributed by atoms with E-state index in [1.807, 2.05) is 0 Å². The zero-order valence-electron chi connectivity index (χ0n) is 11.6. The molecular formula is C14H14O6S. The molecule has 0 bridgehead atoms. The smallest absolute Gasteiger partial charge is 0.339 e. The van der Waals surface area contributed by atoms with Gasteiger partial charge in [-0.2, -0.15) is 0 Å². The fraction of sp³-hybridized carbons (Fsp3) is 0.286. The molecule has 0 saturated heterocycles. The maximum atomic E-state index is 11.3. The molecule has 21 heavy (non-hydrogen) atoms. The summed E-state index contributed by atoms with van der Waals surface area (Å²) in [6, 6.07) is 5.84. The maximum Gasteiger partial charge on any atom is 0.339 e. The van der Waals surface area contributed by atoms with Crippen molar-refractivity contribution in [2.24, 2.45) is 0 Å². The summed E-state index contributed by atoms with van der Waals surface area (Å²) < 4.78 is 20.1. The highest BCUT2D eigenvalue weighted by Gasteiger charge is 2.05. The highest BCUT2D eigenvalue weighted by Crippen LogP contribution is 2.20. The minimum atomic E-state index is -0.460. The van der Waals surface area contributed by atoms with E-state index in [1.165, 1.54) is 38.1 Å². The van der Waals surface area contributed by atoms with Crippen LogP contribution in [0.25, 0.3) is 0 Å². The first kappa shape index (κ1) is 15.2. The third-order valence-electron chi connectivity index (χ3n) is 2.55. The summed E-state index contributed by atoms with van der Waals surface area (Å²) in [4.78, 5) is 22.6. The van der Waals surface area contributed by atoms with Gasteiger partial charge in [0.1, 0.15) is 23.0 Å². The molecule has 0 aliphatic heterocycles. The second kappa shape index (κ2) is 7.03. The lowest BCUT2D eigenvalue weighted by Gasteiger charge is -2.04. The average molecular weight is 310 g/mol. The molecule has 0 aliphatic rings. The molecule has 0 atom stereocenters. The molecule has 2 aromatic heterocycles. The van der Waals surface area contributed by atoms with E-state index in [1.54, 1.807) is 12.1 Å². The van der Waals surface area contributed by atoms with Crippen molar-refractivity contribution in [1.29, 1.82) is 0 Å². The van der Waals surface area contributed by atoms with Gasteiger partial charge < -0.3 is 18.3 Å². The van der Waals surface area contributed by atoms with Crippen molar-refractivity contribution >= 4 is 11.8 Å². The number of rotatable bonds is 6.